The Labute approximate surface area is 83.8 Å². The lowest BCUT2D eigenvalue weighted by molar-refractivity contribution is 0.983. The van der Waals surface area contributed by atoms with Gasteiger partial charge in [0.2, 0.25) is 0 Å². The third-order valence-electron chi connectivity index (χ3n) is 1.00. The molecule has 0 saturated heterocycles. The summed E-state index contributed by atoms with van der Waals surface area (Å²) in [5.41, 5.74) is 0. The molecule has 0 amide bonds. The van der Waals surface area contributed by atoms with Gasteiger partial charge in [0.1, 0.15) is 10.4 Å². The smallest absolute Gasteiger partial charge is 0.174 e. The van der Waals surface area contributed by atoms with Crippen LogP contribution in [0.3, 0.4) is 0 Å². The van der Waals surface area contributed by atoms with E-state index in [0.717, 1.165) is 9.35 Å². The summed E-state index contributed by atoms with van der Waals surface area (Å²) >= 11 is 8.57. The second-order valence-electron chi connectivity index (χ2n) is 1.99. The Balaban J connectivity index is 2.39. The summed E-state index contributed by atoms with van der Waals surface area (Å²) in [7, 11) is 0. The maximum atomic E-state index is 8.39. The maximum absolute atomic E-state index is 8.39. The number of alkyl halides is 1. The molecule has 6 heteroatoms. The third kappa shape index (κ3) is 2.97. The SMILES string of the molecule is Cc1nnc(SCC(Cl)C#N)s1. The van der Waals surface area contributed by atoms with Crippen molar-refractivity contribution >= 4 is 34.7 Å². The monoisotopic (exact) mass is 219 g/mol. The van der Waals surface area contributed by atoms with E-state index in [-0.39, 0.29) is 0 Å². The fraction of sp³-hybridized carbons (Fsp3) is 0.500. The predicted molar refractivity (Wildman–Crippen MR) is 50.6 cm³/mol. The molecule has 1 unspecified atom stereocenters. The van der Waals surface area contributed by atoms with Gasteiger partial charge in [-0.1, -0.05) is 23.1 Å². The van der Waals surface area contributed by atoms with Gasteiger partial charge in [0.05, 0.1) is 6.07 Å². The van der Waals surface area contributed by atoms with E-state index in [1.165, 1.54) is 23.1 Å². The molecule has 0 aliphatic carbocycles. The van der Waals surface area contributed by atoms with E-state index < -0.39 is 5.38 Å². The van der Waals surface area contributed by atoms with Crippen molar-refractivity contribution in [3.05, 3.63) is 5.01 Å². The Morgan fingerprint density at radius 1 is 1.75 bits per heavy atom. The molecule has 1 heterocycles. The van der Waals surface area contributed by atoms with Crippen molar-refractivity contribution in [1.29, 1.82) is 5.26 Å². The molecular weight excluding hydrogens is 214 g/mol. The molecule has 0 N–H and O–H groups in total. The van der Waals surface area contributed by atoms with E-state index in [1.807, 2.05) is 13.0 Å². The Bertz CT molecular complexity index is 293. The quantitative estimate of drug-likeness (QED) is 0.577. The normalized spacial score (nSPS) is 12.4. The van der Waals surface area contributed by atoms with Crippen molar-refractivity contribution in [2.45, 2.75) is 16.6 Å². The molecule has 0 spiro atoms. The van der Waals surface area contributed by atoms with E-state index in [1.54, 1.807) is 0 Å². The molecule has 12 heavy (non-hydrogen) atoms. The lowest BCUT2D eigenvalue weighted by Crippen LogP contribution is -1.96. The van der Waals surface area contributed by atoms with Crippen LogP contribution in [0.2, 0.25) is 0 Å². The van der Waals surface area contributed by atoms with Gasteiger partial charge in [0.15, 0.2) is 4.34 Å². The minimum atomic E-state index is -0.445. The molecule has 1 aromatic heterocycles. The van der Waals surface area contributed by atoms with E-state index in [9.17, 15) is 0 Å². The number of thioether (sulfide) groups is 1. The molecule has 0 aliphatic heterocycles. The number of nitrogens with zero attached hydrogens (tertiary/aromatic N) is 3. The van der Waals surface area contributed by atoms with Crippen LogP contribution < -0.4 is 0 Å². The van der Waals surface area contributed by atoms with E-state index in [0.29, 0.717) is 5.75 Å². The molecule has 64 valence electrons. The molecule has 0 saturated carbocycles. The predicted octanol–water partition coefficient (Wildman–Crippen LogP) is 2.07. The Morgan fingerprint density at radius 2 is 2.50 bits per heavy atom. The van der Waals surface area contributed by atoms with Crippen LogP contribution in [0.1, 0.15) is 5.01 Å². The van der Waals surface area contributed by atoms with Gasteiger partial charge < -0.3 is 0 Å². The van der Waals surface area contributed by atoms with Crippen LogP contribution in [0, 0.1) is 18.3 Å². The van der Waals surface area contributed by atoms with E-state index in [4.69, 9.17) is 16.9 Å². The summed E-state index contributed by atoms with van der Waals surface area (Å²) in [6.07, 6.45) is 0. The fourth-order valence-corrected chi connectivity index (χ4v) is 2.39. The van der Waals surface area contributed by atoms with Gasteiger partial charge >= 0.3 is 0 Å². The van der Waals surface area contributed by atoms with E-state index >= 15 is 0 Å². The van der Waals surface area contributed by atoms with Crippen molar-refractivity contribution in [2.75, 3.05) is 5.75 Å². The van der Waals surface area contributed by atoms with Crippen molar-refractivity contribution in [1.82, 2.24) is 10.2 Å². The van der Waals surface area contributed by atoms with Crippen molar-refractivity contribution in [3.63, 3.8) is 0 Å². The summed E-state index contributed by atoms with van der Waals surface area (Å²) in [5.74, 6) is 0.562. The first kappa shape index (κ1) is 9.78. The van der Waals surface area contributed by atoms with Crippen LogP contribution in [-0.4, -0.2) is 21.3 Å². The Morgan fingerprint density at radius 3 is 3.00 bits per heavy atom. The lowest BCUT2D eigenvalue weighted by atomic mass is 10.5. The van der Waals surface area contributed by atoms with Crippen LogP contribution in [-0.2, 0) is 0 Å². The average molecular weight is 220 g/mol. The second kappa shape index (κ2) is 4.65. The summed E-state index contributed by atoms with van der Waals surface area (Å²) in [6, 6.07) is 1.94. The number of hydrogen-bond donors (Lipinski definition) is 0. The number of aryl methyl sites for hydroxylation is 1. The third-order valence-corrected chi connectivity index (χ3v) is 3.50. The fourth-order valence-electron chi connectivity index (χ4n) is 0.518. The molecule has 1 rings (SSSR count). The summed E-state index contributed by atoms with van der Waals surface area (Å²) in [6.45, 7) is 1.89. The summed E-state index contributed by atoms with van der Waals surface area (Å²) < 4.78 is 0.869. The van der Waals surface area contributed by atoms with Crippen LogP contribution in [0.5, 0.6) is 0 Å². The van der Waals surface area contributed by atoms with Crippen LogP contribution >= 0.6 is 34.7 Å². The highest BCUT2D eigenvalue weighted by atomic mass is 35.5. The van der Waals surface area contributed by atoms with Crippen molar-refractivity contribution in [2.24, 2.45) is 0 Å². The standard InChI is InChI=1S/C6H6ClN3S2/c1-4-9-10-6(12-4)11-3-5(7)2-8/h5H,3H2,1H3. The largest absolute Gasteiger partial charge is 0.197 e. The highest BCUT2D eigenvalue weighted by Crippen LogP contribution is 2.23. The minimum absolute atomic E-state index is 0.445. The zero-order valence-corrected chi connectivity index (χ0v) is 8.71. The first-order valence-corrected chi connectivity index (χ1v) is 5.43. The molecule has 1 atom stereocenters. The molecule has 0 radical (unpaired) electrons. The number of hydrogen-bond acceptors (Lipinski definition) is 5. The molecule has 1 aromatic rings. The van der Waals surface area contributed by atoms with Gasteiger partial charge in [0, 0.05) is 5.75 Å². The average Bonchev–Trinajstić information content (AvgIpc) is 2.47. The van der Waals surface area contributed by atoms with Crippen LogP contribution in [0.15, 0.2) is 4.34 Å². The Kier molecular flexibility index (Phi) is 3.79. The zero-order valence-electron chi connectivity index (χ0n) is 6.32. The van der Waals surface area contributed by atoms with Gasteiger partial charge in [0.25, 0.3) is 0 Å². The molecule has 0 fully saturated rings. The van der Waals surface area contributed by atoms with Gasteiger partial charge in [-0.2, -0.15) is 5.26 Å². The number of rotatable bonds is 3. The number of aromatic nitrogens is 2. The van der Waals surface area contributed by atoms with Gasteiger partial charge in [-0.05, 0) is 6.92 Å². The van der Waals surface area contributed by atoms with Gasteiger partial charge in [-0.15, -0.1) is 21.8 Å². The Hall–Kier alpha value is -0.310. The molecule has 3 nitrogen and oxygen atoms in total. The topological polar surface area (TPSA) is 49.6 Å². The minimum Gasteiger partial charge on any atom is -0.197 e. The summed E-state index contributed by atoms with van der Waals surface area (Å²) in [5, 5.41) is 16.6. The van der Waals surface area contributed by atoms with E-state index in [2.05, 4.69) is 10.2 Å². The van der Waals surface area contributed by atoms with Crippen molar-refractivity contribution in [3.8, 4) is 6.07 Å². The first-order chi connectivity index (χ1) is 5.72. The molecule has 0 aromatic carbocycles. The van der Waals surface area contributed by atoms with Crippen LogP contribution in [0.4, 0.5) is 0 Å². The number of halogens is 1. The van der Waals surface area contributed by atoms with Crippen LogP contribution in [0.25, 0.3) is 0 Å². The van der Waals surface area contributed by atoms with Crippen molar-refractivity contribution < 1.29 is 0 Å². The number of nitriles is 1. The highest BCUT2D eigenvalue weighted by Gasteiger charge is 2.06. The molecule has 0 bridgehead atoms. The zero-order chi connectivity index (χ0) is 8.97. The lowest BCUT2D eigenvalue weighted by Gasteiger charge is -1.94. The summed E-state index contributed by atoms with van der Waals surface area (Å²) in [4.78, 5) is 0. The maximum Gasteiger partial charge on any atom is 0.174 e. The highest BCUT2D eigenvalue weighted by molar-refractivity contribution is 8.01. The first-order valence-electron chi connectivity index (χ1n) is 3.19. The molecular formula is C6H6ClN3S2. The second-order valence-corrected chi connectivity index (χ2v) is 4.97. The van der Waals surface area contributed by atoms with Gasteiger partial charge in [-0.25, -0.2) is 0 Å². The van der Waals surface area contributed by atoms with Gasteiger partial charge in [-0.3, -0.25) is 0 Å². The molecule has 0 aliphatic rings.